The molecule has 0 N–H and O–H groups in total. The van der Waals surface area contributed by atoms with Gasteiger partial charge in [0.05, 0.1) is 6.61 Å². The van der Waals surface area contributed by atoms with Crippen molar-refractivity contribution in [1.82, 2.24) is 3.71 Å². The summed E-state index contributed by atoms with van der Waals surface area (Å²) in [5, 5.41) is 0. The summed E-state index contributed by atoms with van der Waals surface area (Å²) in [4.78, 5) is 11.7. The van der Waals surface area contributed by atoms with E-state index in [1.807, 2.05) is 12.5 Å². The van der Waals surface area contributed by atoms with Gasteiger partial charge in [-0.05, 0) is 44.3 Å². The maximum atomic E-state index is 12.2. The molecule has 0 unspecified atom stereocenters. The predicted octanol–water partition coefficient (Wildman–Crippen LogP) is 6.40. The number of halogens is 2. The fourth-order valence-corrected chi connectivity index (χ4v) is 5.13. The van der Waals surface area contributed by atoms with Crippen molar-refractivity contribution in [3.05, 3.63) is 11.7 Å². The van der Waals surface area contributed by atoms with Crippen molar-refractivity contribution in [3.63, 3.8) is 0 Å². The molecule has 0 atom stereocenters. The minimum atomic E-state index is -1.57. The molecule has 1 amide bonds. The fourth-order valence-electron chi connectivity index (χ4n) is 1.36. The van der Waals surface area contributed by atoms with Gasteiger partial charge >= 0.3 is 6.09 Å². The van der Waals surface area contributed by atoms with Crippen LogP contribution in [-0.4, -0.2) is 28.9 Å². The fraction of sp³-hybridized carbons (Fsp3) is 0.750. The van der Waals surface area contributed by atoms with Crippen molar-refractivity contribution in [2.45, 2.75) is 39.0 Å². The lowest BCUT2D eigenvalue weighted by Crippen LogP contribution is -2.17. The van der Waals surface area contributed by atoms with Gasteiger partial charge in [0.15, 0.2) is 0 Å². The standard InChI is InChI=1S/C12H21F2NO2S4/c1-10(11(13)14)8-6-4-5-7-9-17-12(16)15(20-18-2)21-19-3/h4-9H2,1-3H3. The van der Waals surface area contributed by atoms with E-state index in [2.05, 4.69) is 0 Å². The summed E-state index contributed by atoms with van der Waals surface area (Å²) >= 11 is 0. The van der Waals surface area contributed by atoms with Gasteiger partial charge in [0.2, 0.25) is 0 Å². The molecule has 0 aliphatic heterocycles. The lowest BCUT2D eigenvalue weighted by molar-refractivity contribution is 0.140. The van der Waals surface area contributed by atoms with Crippen LogP contribution in [0, 0.1) is 0 Å². The van der Waals surface area contributed by atoms with Crippen LogP contribution >= 0.6 is 43.5 Å². The smallest absolute Gasteiger partial charge is 0.431 e. The largest absolute Gasteiger partial charge is 0.448 e. The molecular formula is C12H21F2NO2S4. The zero-order chi connectivity index (χ0) is 16.1. The molecule has 0 spiro atoms. The first kappa shape index (κ1) is 21.3. The van der Waals surface area contributed by atoms with Crippen LogP contribution in [0.3, 0.4) is 0 Å². The van der Waals surface area contributed by atoms with Gasteiger partial charge in [-0.3, -0.25) is 0 Å². The molecule has 0 saturated heterocycles. The van der Waals surface area contributed by atoms with Crippen LogP contribution in [0.1, 0.15) is 39.0 Å². The summed E-state index contributed by atoms with van der Waals surface area (Å²) in [6.45, 7) is 1.82. The Labute approximate surface area is 141 Å². The maximum Gasteiger partial charge on any atom is 0.431 e. The van der Waals surface area contributed by atoms with Crippen LogP contribution in [0.25, 0.3) is 0 Å². The molecule has 0 aliphatic carbocycles. The molecular weight excluding hydrogens is 356 g/mol. The van der Waals surface area contributed by atoms with E-state index in [0.717, 1.165) is 25.7 Å². The van der Waals surface area contributed by atoms with Crippen molar-refractivity contribution in [1.29, 1.82) is 0 Å². The summed E-state index contributed by atoms with van der Waals surface area (Å²) in [6.07, 6.45) is 5.54. The number of rotatable bonds is 11. The number of unbranched alkanes of at least 4 members (excludes halogenated alkanes) is 3. The maximum absolute atomic E-state index is 12.2. The number of hydrogen-bond donors (Lipinski definition) is 0. The van der Waals surface area contributed by atoms with Gasteiger partial charge in [-0.2, -0.15) is 12.5 Å². The molecule has 0 saturated carbocycles. The molecule has 21 heavy (non-hydrogen) atoms. The van der Waals surface area contributed by atoms with Gasteiger partial charge in [0.1, 0.15) is 0 Å². The Morgan fingerprint density at radius 1 is 1.05 bits per heavy atom. The number of ether oxygens (including phenoxy) is 1. The van der Waals surface area contributed by atoms with Crippen molar-refractivity contribution < 1.29 is 18.3 Å². The van der Waals surface area contributed by atoms with Crippen molar-refractivity contribution in [2.24, 2.45) is 0 Å². The van der Waals surface area contributed by atoms with E-state index < -0.39 is 6.08 Å². The Bertz CT molecular complexity index is 322. The van der Waals surface area contributed by atoms with Crippen LogP contribution in [0.4, 0.5) is 13.6 Å². The monoisotopic (exact) mass is 377 g/mol. The molecule has 0 radical (unpaired) electrons. The molecule has 9 heteroatoms. The quantitative estimate of drug-likeness (QED) is 0.235. The summed E-state index contributed by atoms with van der Waals surface area (Å²) in [7, 11) is 5.61. The first-order valence-electron chi connectivity index (χ1n) is 6.42. The normalized spacial score (nSPS) is 10.3. The third kappa shape index (κ3) is 11.5. The highest BCUT2D eigenvalue weighted by atomic mass is 33.1. The van der Waals surface area contributed by atoms with Gasteiger partial charge in [-0.25, -0.2) is 4.79 Å². The molecule has 0 aliphatic rings. The number of allylic oxidation sites excluding steroid dienone is 1. The molecule has 0 fully saturated rings. The Hall–Kier alpha value is 0.270. The molecule has 0 aromatic carbocycles. The minimum absolute atomic E-state index is 0.167. The lowest BCUT2D eigenvalue weighted by atomic mass is 10.1. The van der Waals surface area contributed by atoms with Crippen molar-refractivity contribution in [2.75, 3.05) is 19.1 Å². The molecule has 0 rings (SSSR count). The number of carbonyl (C=O) groups excluding carboxylic acids is 1. The van der Waals surface area contributed by atoms with E-state index in [9.17, 15) is 13.6 Å². The molecule has 124 valence electrons. The molecule has 0 heterocycles. The Kier molecular flexibility index (Phi) is 14.1. The van der Waals surface area contributed by atoms with Crippen LogP contribution < -0.4 is 0 Å². The molecule has 0 aromatic heterocycles. The number of carbonyl (C=O) groups is 1. The highest BCUT2D eigenvalue weighted by Gasteiger charge is 2.16. The summed E-state index contributed by atoms with van der Waals surface area (Å²) in [6, 6.07) is 0. The van der Waals surface area contributed by atoms with Crippen molar-refractivity contribution >= 4 is 49.6 Å². The van der Waals surface area contributed by atoms with E-state index in [-0.39, 0.29) is 11.7 Å². The van der Waals surface area contributed by atoms with E-state index in [1.54, 1.807) is 0 Å². The zero-order valence-electron chi connectivity index (χ0n) is 12.4. The Morgan fingerprint density at radius 3 is 2.14 bits per heavy atom. The third-order valence-corrected chi connectivity index (χ3v) is 6.10. The molecule has 0 bridgehead atoms. The van der Waals surface area contributed by atoms with Gasteiger partial charge in [-0.1, -0.05) is 34.4 Å². The highest BCUT2D eigenvalue weighted by molar-refractivity contribution is 8.83. The van der Waals surface area contributed by atoms with E-state index in [4.69, 9.17) is 4.74 Å². The van der Waals surface area contributed by atoms with E-state index >= 15 is 0 Å². The van der Waals surface area contributed by atoms with E-state index in [1.165, 1.54) is 54.2 Å². The first-order valence-corrected chi connectivity index (χ1v) is 11.4. The summed E-state index contributed by atoms with van der Waals surface area (Å²) < 4.78 is 31.0. The first-order chi connectivity index (χ1) is 10.0. The predicted molar refractivity (Wildman–Crippen MR) is 93.4 cm³/mol. The second-order valence-electron chi connectivity index (χ2n) is 4.06. The van der Waals surface area contributed by atoms with Gasteiger partial charge in [-0.15, -0.1) is 0 Å². The van der Waals surface area contributed by atoms with Crippen molar-refractivity contribution in [3.8, 4) is 0 Å². The SMILES string of the molecule is CSSN(SSC)C(=O)OCCCCCCC(C)=C(F)F. The summed E-state index contributed by atoms with van der Waals surface area (Å²) in [5.74, 6) is 0. The van der Waals surface area contributed by atoms with Gasteiger partial charge < -0.3 is 4.74 Å². The minimum Gasteiger partial charge on any atom is -0.448 e. The second-order valence-corrected chi connectivity index (χ2v) is 8.88. The van der Waals surface area contributed by atoms with Crippen LogP contribution in [0.5, 0.6) is 0 Å². The summed E-state index contributed by atoms with van der Waals surface area (Å²) in [5.41, 5.74) is 0.167. The van der Waals surface area contributed by atoms with E-state index in [0.29, 0.717) is 13.0 Å². The van der Waals surface area contributed by atoms with Crippen LogP contribution in [0.2, 0.25) is 0 Å². The van der Waals surface area contributed by atoms with Crippen LogP contribution in [-0.2, 0) is 4.74 Å². The van der Waals surface area contributed by atoms with Gasteiger partial charge in [0, 0.05) is 22.0 Å². The third-order valence-electron chi connectivity index (χ3n) is 2.43. The average molecular weight is 378 g/mol. The molecule has 3 nitrogen and oxygen atoms in total. The van der Waals surface area contributed by atoms with Gasteiger partial charge in [0.25, 0.3) is 6.08 Å². The number of amides is 1. The Balaban J connectivity index is 3.66. The topological polar surface area (TPSA) is 29.5 Å². The lowest BCUT2D eigenvalue weighted by Gasteiger charge is -2.16. The van der Waals surface area contributed by atoms with Crippen LogP contribution in [0.15, 0.2) is 11.7 Å². The number of hydrogen-bond acceptors (Lipinski definition) is 6. The number of nitrogens with zero attached hydrogens (tertiary/aromatic N) is 1. The highest BCUT2D eigenvalue weighted by Crippen LogP contribution is 2.36. The zero-order valence-corrected chi connectivity index (χ0v) is 15.7. The Morgan fingerprint density at radius 2 is 1.62 bits per heavy atom. The second kappa shape index (κ2) is 13.9. The molecule has 0 aromatic rings. The average Bonchev–Trinajstić information content (AvgIpc) is 2.45.